The Morgan fingerprint density at radius 2 is 1.45 bits per heavy atom. The largest absolute Gasteiger partial charge is 0.395 e. The highest BCUT2D eigenvalue weighted by atomic mass is 16.3. The number of β-amino-alcohol motifs (C(OH)–C–C–N with tert-alkyl or cyclic N) is 1. The molecule has 2 aromatic carbocycles. The number of fused-ring (bicyclic) bond motifs is 1. The van der Waals surface area contributed by atoms with Gasteiger partial charge in [0, 0.05) is 49.9 Å². The van der Waals surface area contributed by atoms with Crippen molar-refractivity contribution < 1.29 is 5.11 Å². The van der Waals surface area contributed by atoms with Crippen LogP contribution in [0.25, 0.3) is 28.0 Å². The van der Waals surface area contributed by atoms with Crippen molar-refractivity contribution in [3.63, 3.8) is 0 Å². The Morgan fingerprint density at radius 3 is 2.19 bits per heavy atom. The first-order valence-corrected chi connectivity index (χ1v) is 21.3. The summed E-state index contributed by atoms with van der Waals surface area (Å²) in [4.78, 5) is 12.7. The molecule has 5 fully saturated rings. The van der Waals surface area contributed by atoms with Crippen LogP contribution in [0.1, 0.15) is 88.3 Å². The van der Waals surface area contributed by atoms with E-state index in [1.807, 2.05) is 0 Å². The van der Waals surface area contributed by atoms with Crippen molar-refractivity contribution in [1.29, 1.82) is 0 Å². The lowest BCUT2D eigenvalue weighted by molar-refractivity contribution is -0.0419. The quantitative estimate of drug-likeness (QED) is 0.110. The van der Waals surface area contributed by atoms with E-state index in [0.717, 1.165) is 103 Å². The average Bonchev–Trinajstić information content (AvgIpc) is 3.51. The Labute approximate surface area is 318 Å². The molecule has 0 amide bonds. The summed E-state index contributed by atoms with van der Waals surface area (Å²) in [5.41, 5.74) is 7.75. The van der Waals surface area contributed by atoms with Crippen LogP contribution in [0, 0.1) is 36.5 Å². The molecule has 284 valence electrons. The van der Waals surface area contributed by atoms with Crippen LogP contribution in [0.4, 0.5) is 5.82 Å². The zero-order chi connectivity index (χ0) is 36.1. The van der Waals surface area contributed by atoms with Crippen molar-refractivity contribution in [1.82, 2.24) is 24.4 Å². The number of aliphatic hydroxyl groups is 1. The minimum absolute atomic E-state index is 0.206. The fourth-order valence-corrected chi connectivity index (χ4v) is 11.1. The normalized spacial score (nSPS) is 24.2. The molecule has 7 nitrogen and oxygen atoms in total. The zero-order valence-corrected chi connectivity index (χ0v) is 32.6. The van der Waals surface area contributed by atoms with E-state index in [0.29, 0.717) is 0 Å². The van der Waals surface area contributed by atoms with Crippen LogP contribution in [0.5, 0.6) is 0 Å². The number of benzene rings is 2. The van der Waals surface area contributed by atoms with E-state index in [2.05, 4.69) is 93.9 Å². The molecule has 0 spiro atoms. The van der Waals surface area contributed by atoms with Gasteiger partial charge in [0.1, 0.15) is 5.82 Å². The van der Waals surface area contributed by atoms with E-state index in [-0.39, 0.29) is 6.61 Å². The van der Waals surface area contributed by atoms with Gasteiger partial charge in [-0.1, -0.05) is 74.2 Å². The zero-order valence-electron chi connectivity index (χ0n) is 32.6. The number of piperazine rings is 1. The summed E-state index contributed by atoms with van der Waals surface area (Å²) in [5.74, 6) is 6.49. The molecule has 0 unspecified atom stereocenters. The number of unbranched alkanes of at least 4 members (excludes halogenated alkanes) is 5. The van der Waals surface area contributed by atoms with Crippen LogP contribution in [-0.2, 0) is 6.42 Å². The Bertz CT molecular complexity index is 1750. The Balaban J connectivity index is 0.837. The molecule has 53 heavy (non-hydrogen) atoms. The highest BCUT2D eigenvalue weighted by Gasteiger charge is 2.47. The van der Waals surface area contributed by atoms with Gasteiger partial charge in [0.2, 0.25) is 0 Å². The van der Waals surface area contributed by atoms with Crippen molar-refractivity contribution in [2.24, 2.45) is 29.6 Å². The van der Waals surface area contributed by atoms with Crippen molar-refractivity contribution in [3.05, 3.63) is 71.9 Å². The van der Waals surface area contributed by atoms with E-state index in [1.165, 1.54) is 69.2 Å². The molecule has 1 aliphatic heterocycles. The van der Waals surface area contributed by atoms with Gasteiger partial charge in [0.25, 0.3) is 0 Å². The molecule has 2 aromatic heterocycles. The average molecular weight is 717 g/mol. The molecule has 3 heterocycles. The minimum atomic E-state index is 0.206. The first kappa shape index (κ1) is 36.7. The topological polar surface area (TPSA) is 60.1 Å². The molecule has 1 N–H and O–H groups in total. The second kappa shape index (κ2) is 17.0. The predicted molar refractivity (Wildman–Crippen MR) is 218 cm³/mol. The van der Waals surface area contributed by atoms with E-state index in [9.17, 15) is 5.11 Å². The number of nitrogens with zero attached hydrogens (tertiary/aromatic N) is 6. The third-order valence-corrected chi connectivity index (χ3v) is 13.7. The van der Waals surface area contributed by atoms with Crippen LogP contribution in [-0.4, -0.2) is 89.0 Å². The molecule has 9 rings (SSSR count). The maximum Gasteiger partial charge on any atom is 0.166 e. The molecule has 5 aliphatic rings. The monoisotopic (exact) mass is 717 g/mol. The van der Waals surface area contributed by atoms with Crippen molar-refractivity contribution in [2.75, 3.05) is 64.4 Å². The molecular weight excluding hydrogens is 653 g/mol. The molecule has 4 saturated carbocycles. The fourth-order valence-electron chi connectivity index (χ4n) is 11.1. The van der Waals surface area contributed by atoms with Gasteiger partial charge in [-0.15, -0.1) is 0 Å². The fraction of sp³-hybridized carbons (Fsp3) is 0.609. The molecule has 4 aromatic rings. The van der Waals surface area contributed by atoms with Gasteiger partial charge in [-0.05, 0) is 132 Å². The maximum absolute atomic E-state index is 9.49. The van der Waals surface area contributed by atoms with Gasteiger partial charge >= 0.3 is 0 Å². The van der Waals surface area contributed by atoms with E-state index < -0.39 is 0 Å². The third kappa shape index (κ3) is 8.53. The summed E-state index contributed by atoms with van der Waals surface area (Å²) >= 11 is 0. The summed E-state index contributed by atoms with van der Waals surface area (Å²) in [6, 6.07) is 21.9. The van der Waals surface area contributed by atoms with E-state index >= 15 is 0 Å². The Morgan fingerprint density at radius 1 is 0.755 bits per heavy atom. The highest BCUT2D eigenvalue weighted by molar-refractivity contribution is 5.83. The lowest BCUT2D eigenvalue weighted by Gasteiger charge is -2.54. The van der Waals surface area contributed by atoms with Crippen LogP contribution < -0.4 is 4.90 Å². The standard InChI is InChI=1S/C46H64N6O/c1-34-45(38-15-9-7-10-16-38)46-47-43(33-44(52(46)48-34)51-23-21-50(22-24-51)25-26-53)39-17-12-14-35(28-39)13-8-5-3-4-6-11-19-49(2)20-18-42-40-29-36-27-37(31-40)32-41(42)30-36/h7,9-10,12,14-17,28,33,36-37,40-42,53H,3-6,8,11,13,18-27,29-32H2,1-2H3. The first-order chi connectivity index (χ1) is 26.0. The second-order valence-electron chi connectivity index (χ2n) is 17.4. The van der Waals surface area contributed by atoms with Gasteiger partial charge < -0.3 is 14.9 Å². The molecule has 1 saturated heterocycles. The molecule has 4 aliphatic carbocycles. The van der Waals surface area contributed by atoms with Gasteiger partial charge in [-0.2, -0.15) is 9.61 Å². The summed E-state index contributed by atoms with van der Waals surface area (Å²) in [6.07, 6.45) is 18.4. The van der Waals surface area contributed by atoms with Crippen molar-refractivity contribution in [3.8, 4) is 22.4 Å². The van der Waals surface area contributed by atoms with Crippen LogP contribution >= 0.6 is 0 Å². The van der Waals surface area contributed by atoms with E-state index in [1.54, 1.807) is 32.1 Å². The first-order valence-electron chi connectivity index (χ1n) is 21.3. The highest BCUT2D eigenvalue weighted by Crippen LogP contribution is 2.57. The van der Waals surface area contributed by atoms with Gasteiger partial charge in [0.05, 0.1) is 18.0 Å². The number of hydrogen-bond acceptors (Lipinski definition) is 6. The maximum atomic E-state index is 9.49. The van der Waals surface area contributed by atoms with Gasteiger partial charge in [0.15, 0.2) is 5.65 Å². The summed E-state index contributed by atoms with van der Waals surface area (Å²) in [5, 5.41) is 14.5. The van der Waals surface area contributed by atoms with Crippen LogP contribution in [0.3, 0.4) is 0 Å². The Kier molecular flexibility index (Phi) is 11.8. The lowest BCUT2D eigenvalue weighted by Crippen LogP contribution is -2.47. The third-order valence-electron chi connectivity index (χ3n) is 13.7. The molecule has 7 heteroatoms. The summed E-state index contributed by atoms with van der Waals surface area (Å²) in [6.45, 7) is 9.28. The number of hydrogen-bond donors (Lipinski definition) is 1. The SMILES string of the molecule is Cc1nn2c(N3CCN(CCO)CC3)cc(-c3cccc(CCCCCCCCN(C)CCC4C5CC6CC(C5)CC4C6)c3)nc2c1-c1ccccc1. The van der Waals surface area contributed by atoms with Crippen molar-refractivity contribution in [2.45, 2.75) is 90.4 Å². The molecule has 0 radical (unpaired) electrons. The molecule has 0 atom stereocenters. The second-order valence-corrected chi connectivity index (χ2v) is 17.4. The minimum Gasteiger partial charge on any atom is -0.395 e. The number of anilines is 1. The lowest BCUT2D eigenvalue weighted by atomic mass is 9.51. The number of aryl methyl sites for hydroxylation is 2. The number of aromatic nitrogens is 3. The van der Waals surface area contributed by atoms with Crippen molar-refractivity contribution >= 4 is 11.5 Å². The predicted octanol–water partition coefficient (Wildman–Crippen LogP) is 8.76. The Hall–Kier alpha value is -3.26. The van der Waals surface area contributed by atoms with E-state index in [4.69, 9.17) is 10.1 Å². The number of aliphatic hydroxyl groups excluding tert-OH is 1. The van der Waals surface area contributed by atoms with Gasteiger partial charge in [-0.25, -0.2) is 4.98 Å². The smallest absolute Gasteiger partial charge is 0.166 e. The number of rotatable bonds is 17. The van der Waals surface area contributed by atoms with Crippen LogP contribution in [0.15, 0.2) is 60.7 Å². The molecular formula is C46H64N6O. The van der Waals surface area contributed by atoms with Crippen LogP contribution in [0.2, 0.25) is 0 Å². The summed E-state index contributed by atoms with van der Waals surface area (Å²) < 4.78 is 2.06. The summed E-state index contributed by atoms with van der Waals surface area (Å²) in [7, 11) is 2.37. The van der Waals surface area contributed by atoms with Gasteiger partial charge in [-0.3, -0.25) is 4.90 Å². The molecule has 4 bridgehead atoms.